The van der Waals surface area contributed by atoms with E-state index in [9.17, 15) is 0 Å². The minimum Gasteiger partial charge on any atom is -0.313 e. The molecule has 0 aliphatic heterocycles. The monoisotopic (exact) mass is 293 g/mol. The molecule has 0 saturated heterocycles. The van der Waals surface area contributed by atoms with Crippen LogP contribution in [0.3, 0.4) is 0 Å². The van der Waals surface area contributed by atoms with E-state index >= 15 is 0 Å². The van der Waals surface area contributed by atoms with Crippen LogP contribution in [-0.4, -0.2) is 22.4 Å². The van der Waals surface area contributed by atoms with E-state index in [2.05, 4.69) is 63.8 Å². The van der Waals surface area contributed by atoms with E-state index < -0.39 is 0 Å². The van der Waals surface area contributed by atoms with Gasteiger partial charge in [0.15, 0.2) is 0 Å². The van der Waals surface area contributed by atoms with Gasteiger partial charge in [0.25, 0.3) is 0 Å². The van der Waals surface area contributed by atoms with Gasteiger partial charge in [-0.05, 0) is 43.7 Å². The molecule has 0 aromatic carbocycles. The summed E-state index contributed by atoms with van der Waals surface area (Å²) in [6, 6.07) is 3.23. The molecule has 3 nitrogen and oxygen atoms in total. The first-order valence-corrected chi connectivity index (χ1v) is 8.75. The lowest BCUT2D eigenvalue weighted by molar-refractivity contribution is 0.228. The van der Waals surface area contributed by atoms with E-state index in [4.69, 9.17) is 5.10 Å². The number of hydrogen-bond donors (Lipinski definition) is 1. The van der Waals surface area contributed by atoms with Crippen molar-refractivity contribution in [3.63, 3.8) is 0 Å². The maximum Gasteiger partial charge on any atom is 0.0640 e. The Bertz CT molecular complexity index is 391. The van der Waals surface area contributed by atoms with E-state index in [1.54, 1.807) is 0 Å². The van der Waals surface area contributed by atoms with Crippen LogP contribution in [0.2, 0.25) is 0 Å². The molecular formula is C18H35N3. The van der Waals surface area contributed by atoms with Gasteiger partial charge in [0, 0.05) is 18.7 Å². The summed E-state index contributed by atoms with van der Waals surface area (Å²) in [5.41, 5.74) is 1.52. The first-order valence-electron chi connectivity index (χ1n) is 8.75. The van der Waals surface area contributed by atoms with E-state index in [1.807, 2.05) is 0 Å². The number of rotatable bonds is 10. The molecule has 1 N–H and O–H groups in total. The van der Waals surface area contributed by atoms with E-state index in [-0.39, 0.29) is 0 Å². The third kappa shape index (κ3) is 5.14. The van der Waals surface area contributed by atoms with Crippen molar-refractivity contribution in [3.8, 4) is 0 Å². The molecule has 1 heterocycles. The second kappa shape index (κ2) is 8.57. The zero-order valence-electron chi connectivity index (χ0n) is 14.9. The van der Waals surface area contributed by atoms with Crippen molar-refractivity contribution in [3.05, 3.63) is 18.0 Å². The molecule has 0 fully saturated rings. The Balaban J connectivity index is 2.79. The SMILES string of the molecule is CCCNC(Cc1ccn(C(CC)CC)n1)C(C)(C)CC. The van der Waals surface area contributed by atoms with Crippen molar-refractivity contribution in [1.82, 2.24) is 15.1 Å². The average molecular weight is 293 g/mol. The minimum absolute atomic E-state index is 0.299. The Morgan fingerprint density at radius 2 is 1.86 bits per heavy atom. The molecule has 1 unspecified atom stereocenters. The molecule has 0 bridgehead atoms. The predicted molar refractivity (Wildman–Crippen MR) is 91.7 cm³/mol. The van der Waals surface area contributed by atoms with Crippen LogP contribution in [0.5, 0.6) is 0 Å². The zero-order valence-corrected chi connectivity index (χ0v) is 14.9. The second-order valence-electron chi connectivity index (χ2n) is 6.81. The van der Waals surface area contributed by atoms with Crippen LogP contribution in [0.1, 0.15) is 79.0 Å². The molecule has 0 radical (unpaired) electrons. The highest BCUT2D eigenvalue weighted by Crippen LogP contribution is 2.27. The molecule has 0 aliphatic carbocycles. The lowest BCUT2D eigenvalue weighted by Gasteiger charge is -2.34. The third-order valence-electron chi connectivity index (χ3n) is 4.89. The summed E-state index contributed by atoms with van der Waals surface area (Å²) in [5.74, 6) is 0. The summed E-state index contributed by atoms with van der Waals surface area (Å²) < 4.78 is 2.16. The third-order valence-corrected chi connectivity index (χ3v) is 4.89. The fourth-order valence-electron chi connectivity index (χ4n) is 2.75. The largest absolute Gasteiger partial charge is 0.313 e. The standard InChI is InChI=1S/C18H35N3/c1-7-12-19-17(18(5,6)10-4)14-15-11-13-21(20-15)16(8-2)9-3/h11,13,16-17,19H,7-10,12,14H2,1-6H3. The molecule has 1 atom stereocenters. The number of nitrogens with zero attached hydrogens (tertiary/aromatic N) is 2. The maximum atomic E-state index is 4.82. The number of hydrogen-bond acceptors (Lipinski definition) is 2. The summed E-state index contributed by atoms with van der Waals surface area (Å²) in [6.07, 6.45) is 7.84. The summed E-state index contributed by atoms with van der Waals surface area (Å²) in [6.45, 7) is 14.8. The van der Waals surface area contributed by atoms with Crippen LogP contribution >= 0.6 is 0 Å². The van der Waals surface area contributed by atoms with Gasteiger partial charge in [0.05, 0.1) is 11.7 Å². The molecule has 1 rings (SSSR count). The van der Waals surface area contributed by atoms with Gasteiger partial charge in [-0.15, -0.1) is 0 Å². The van der Waals surface area contributed by atoms with Gasteiger partial charge in [-0.3, -0.25) is 4.68 Å². The van der Waals surface area contributed by atoms with Gasteiger partial charge in [0.2, 0.25) is 0 Å². The fraction of sp³-hybridized carbons (Fsp3) is 0.833. The Morgan fingerprint density at radius 1 is 1.19 bits per heavy atom. The molecule has 0 spiro atoms. The summed E-state index contributed by atoms with van der Waals surface area (Å²) in [5, 5.41) is 8.55. The van der Waals surface area contributed by atoms with E-state index in [1.165, 1.54) is 18.5 Å². The quantitative estimate of drug-likeness (QED) is 0.683. The zero-order chi connectivity index (χ0) is 15.9. The van der Waals surface area contributed by atoms with Crippen LogP contribution in [-0.2, 0) is 6.42 Å². The van der Waals surface area contributed by atoms with Crippen molar-refractivity contribution in [1.29, 1.82) is 0 Å². The van der Waals surface area contributed by atoms with Crippen molar-refractivity contribution in [2.75, 3.05) is 6.54 Å². The number of nitrogens with one attached hydrogen (secondary N) is 1. The first kappa shape index (κ1) is 18.2. The highest BCUT2D eigenvalue weighted by molar-refractivity contribution is 5.04. The average Bonchev–Trinajstić information content (AvgIpc) is 2.93. The van der Waals surface area contributed by atoms with Crippen LogP contribution in [0, 0.1) is 5.41 Å². The molecule has 1 aromatic rings. The van der Waals surface area contributed by atoms with Gasteiger partial charge in [0.1, 0.15) is 0 Å². The fourth-order valence-corrected chi connectivity index (χ4v) is 2.75. The Kier molecular flexibility index (Phi) is 7.44. The van der Waals surface area contributed by atoms with Crippen molar-refractivity contribution >= 4 is 0 Å². The van der Waals surface area contributed by atoms with Crippen LogP contribution < -0.4 is 5.32 Å². The van der Waals surface area contributed by atoms with Gasteiger partial charge in [-0.2, -0.15) is 5.10 Å². The molecular weight excluding hydrogens is 258 g/mol. The molecule has 21 heavy (non-hydrogen) atoms. The van der Waals surface area contributed by atoms with Crippen LogP contribution in [0.15, 0.2) is 12.3 Å². The molecule has 122 valence electrons. The number of aromatic nitrogens is 2. The molecule has 0 aliphatic rings. The topological polar surface area (TPSA) is 29.9 Å². The lowest BCUT2D eigenvalue weighted by Crippen LogP contribution is -2.43. The van der Waals surface area contributed by atoms with Crippen molar-refractivity contribution in [2.45, 2.75) is 85.7 Å². The van der Waals surface area contributed by atoms with Crippen LogP contribution in [0.25, 0.3) is 0 Å². The van der Waals surface area contributed by atoms with Gasteiger partial charge in [-0.1, -0.05) is 41.5 Å². The summed E-state index contributed by atoms with van der Waals surface area (Å²) >= 11 is 0. The van der Waals surface area contributed by atoms with Gasteiger partial charge >= 0.3 is 0 Å². The molecule has 0 saturated carbocycles. The summed E-state index contributed by atoms with van der Waals surface area (Å²) in [4.78, 5) is 0. The normalized spacial score (nSPS) is 13.9. The highest BCUT2D eigenvalue weighted by atomic mass is 15.3. The van der Waals surface area contributed by atoms with E-state index in [0.717, 1.165) is 25.8 Å². The smallest absolute Gasteiger partial charge is 0.0640 e. The Morgan fingerprint density at radius 3 is 2.38 bits per heavy atom. The Hall–Kier alpha value is -0.830. The Labute approximate surface area is 131 Å². The summed E-state index contributed by atoms with van der Waals surface area (Å²) in [7, 11) is 0. The van der Waals surface area contributed by atoms with Crippen LogP contribution in [0.4, 0.5) is 0 Å². The van der Waals surface area contributed by atoms with Crippen molar-refractivity contribution in [2.24, 2.45) is 5.41 Å². The lowest BCUT2D eigenvalue weighted by atomic mass is 9.79. The van der Waals surface area contributed by atoms with E-state index in [0.29, 0.717) is 17.5 Å². The second-order valence-corrected chi connectivity index (χ2v) is 6.81. The first-order chi connectivity index (χ1) is 9.98. The maximum absolute atomic E-state index is 4.82. The minimum atomic E-state index is 0.299. The molecule has 1 aromatic heterocycles. The van der Waals surface area contributed by atoms with Gasteiger partial charge < -0.3 is 5.32 Å². The predicted octanol–water partition coefficient (Wildman–Crippen LogP) is 4.59. The van der Waals surface area contributed by atoms with Crippen molar-refractivity contribution < 1.29 is 0 Å². The highest BCUT2D eigenvalue weighted by Gasteiger charge is 2.28. The molecule has 0 amide bonds. The molecule has 3 heteroatoms. The van der Waals surface area contributed by atoms with Gasteiger partial charge in [-0.25, -0.2) is 0 Å².